The number of carbonyl (C=O) groups excluding carboxylic acids is 1. The highest BCUT2D eigenvalue weighted by atomic mass is 32.1. The van der Waals surface area contributed by atoms with E-state index < -0.39 is 0 Å². The van der Waals surface area contributed by atoms with Crippen molar-refractivity contribution < 1.29 is 13.9 Å². The van der Waals surface area contributed by atoms with Gasteiger partial charge in [-0.1, -0.05) is 54.6 Å². The summed E-state index contributed by atoms with van der Waals surface area (Å²) in [6.07, 6.45) is 0. The largest absolute Gasteiger partial charge is 0.497 e. The summed E-state index contributed by atoms with van der Waals surface area (Å²) in [6, 6.07) is 24.6. The molecule has 0 saturated heterocycles. The molecule has 8 heteroatoms. The molecule has 0 unspecified atom stereocenters. The summed E-state index contributed by atoms with van der Waals surface area (Å²) in [5.74, 6) is 0.488. The van der Waals surface area contributed by atoms with Crippen LogP contribution >= 0.6 is 11.3 Å². The van der Waals surface area contributed by atoms with Crippen molar-refractivity contribution in [3.63, 3.8) is 0 Å². The predicted octanol–water partition coefficient (Wildman–Crippen LogP) is 5.70. The number of methoxy groups -OCH3 is 1. The monoisotopic (exact) mass is 546 g/mol. The van der Waals surface area contributed by atoms with E-state index in [9.17, 15) is 9.18 Å². The topological polar surface area (TPSA) is 48.9 Å². The summed E-state index contributed by atoms with van der Waals surface area (Å²) in [4.78, 5) is 24.5. The number of aromatic nitrogens is 1. The molecule has 6 nitrogen and oxygen atoms in total. The van der Waals surface area contributed by atoms with Crippen molar-refractivity contribution in [2.24, 2.45) is 0 Å². The van der Waals surface area contributed by atoms with Crippen LogP contribution in [0.2, 0.25) is 0 Å². The molecular formula is C31H35FN4O2S. The lowest BCUT2D eigenvalue weighted by Gasteiger charge is -2.24. The highest BCUT2D eigenvalue weighted by molar-refractivity contribution is 7.09. The van der Waals surface area contributed by atoms with Crippen LogP contribution in [0, 0.1) is 5.82 Å². The number of likely N-dealkylation sites (N-methyl/N-ethyl adjacent to an activating group) is 1. The van der Waals surface area contributed by atoms with E-state index in [1.807, 2.05) is 79.0 Å². The molecule has 1 aromatic heterocycles. The van der Waals surface area contributed by atoms with Crippen LogP contribution in [0.15, 0.2) is 84.2 Å². The Morgan fingerprint density at radius 3 is 2.05 bits per heavy atom. The van der Waals surface area contributed by atoms with E-state index in [0.29, 0.717) is 38.4 Å². The number of rotatable bonds is 13. The smallest absolute Gasteiger partial charge is 0.273 e. The zero-order valence-electron chi connectivity index (χ0n) is 22.7. The van der Waals surface area contributed by atoms with Crippen LogP contribution in [0.5, 0.6) is 5.75 Å². The fourth-order valence-electron chi connectivity index (χ4n) is 4.22. The lowest BCUT2D eigenvalue weighted by atomic mass is 10.1. The summed E-state index contributed by atoms with van der Waals surface area (Å²) in [5.41, 5.74) is 3.69. The molecule has 0 aliphatic carbocycles. The molecule has 1 amide bonds. The summed E-state index contributed by atoms with van der Waals surface area (Å²) in [7, 11) is 5.66. The Morgan fingerprint density at radius 2 is 1.44 bits per heavy atom. The van der Waals surface area contributed by atoms with E-state index in [1.54, 1.807) is 19.2 Å². The fraction of sp³-hybridized carbons (Fsp3) is 0.290. The van der Waals surface area contributed by atoms with E-state index in [4.69, 9.17) is 9.72 Å². The number of thiazole rings is 1. The van der Waals surface area contributed by atoms with Crippen molar-refractivity contribution in [2.75, 3.05) is 34.3 Å². The van der Waals surface area contributed by atoms with Crippen molar-refractivity contribution >= 4 is 17.2 Å². The van der Waals surface area contributed by atoms with Crippen molar-refractivity contribution in [1.82, 2.24) is 19.7 Å². The van der Waals surface area contributed by atoms with Gasteiger partial charge >= 0.3 is 0 Å². The molecule has 39 heavy (non-hydrogen) atoms. The summed E-state index contributed by atoms with van der Waals surface area (Å²) in [6.45, 7) is 3.78. The molecule has 0 aliphatic heterocycles. The highest BCUT2D eigenvalue weighted by Gasteiger charge is 2.20. The molecule has 0 bridgehead atoms. The van der Waals surface area contributed by atoms with Gasteiger partial charge in [0.2, 0.25) is 0 Å². The van der Waals surface area contributed by atoms with Gasteiger partial charge in [-0.3, -0.25) is 9.69 Å². The van der Waals surface area contributed by atoms with Gasteiger partial charge in [0, 0.05) is 38.1 Å². The molecule has 3 aromatic carbocycles. The second kappa shape index (κ2) is 14.0. The van der Waals surface area contributed by atoms with Crippen LogP contribution in [-0.4, -0.2) is 59.9 Å². The molecule has 0 radical (unpaired) electrons. The Kier molecular flexibility index (Phi) is 10.2. The Balaban J connectivity index is 1.50. The van der Waals surface area contributed by atoms with E-state index in [1.165, 1.54) is 23.5 Å². The molecule has 0 spiro atoms. The zero-order valence-corrected chi connectivity index (χ0v) is 23.5. The standard InChI is InChI=1S/C31H35FN4O2S/c1-34(2)17-18-36(21-24-7-5-4-6-8-24)31(37)29-23-39-30(33-29)22-35(19-25-9-13-27(32)14-10-25)20-26-11-15-28(38-3)16-12-26/h4-16,23H,17-22H2,1-3H3. The third-order valence-corrected chi connectivity index (χ3v) is 7.17. The molecule has 1 heterocycles. The average molecular weight is 547 g/mol. The van der Waals surface area contributed by atoms with E-state index in [-0.39, 0.29) is 11.7 Å². The minimum absolute atomic E-state index is 0.0663. The number of halogens is 1. The minimum Gasteiger partial charge on any atom is -0.497 e. The maximum atomic E-state index is 13.5. The number of hydrogen-bond acceptors (Lipinski definition) is 6. The van der Waals surface area contributed by atoms with Crippen molar-refractivity contribution in [3.05, 3.63) is 117 Å². The maximum Gasteiger partial charge on any atom is 0.273 e. The van der Waals surface area contributed by atoms with E-state index >= 15 is 0 Å². The van der Waals surface area contributed by atoms with Gasteiger partial charge < -0.3 is 14.5 Å². The van der Waals surface area contributed by atoms with Crippen molar-refractivity contribution in [1.29, 1.82) is 0 Å². The second-order valence-electron chi connectivity index (χ2n) is 9.76. The van der Waals surface area contributed by atoms with Crippen LogP contribution in [0.25, 0.3) is 0 Å². The first kappa shape index (κ1) is 28.4. The van der Waals surface area contributed by atoms with Gasteiger partial charge in [-0.05, 0) is 55.1 Å². The average Bonchev–Trinajstić information content (AvgIpc) is 3.41. The number of carbonyl (C=O) groups is 1. The molecule has 0 fully saturated rings. The van der Waals surface area contributed by atoms with Gasteiger partial charge in [-0.25, -0.2) is 9.37 Å². The highest BCUT2D eigenvalue weighted by Crippen LogP contribution is 2.20. The van der Waals surface area contributed by atoms with Gasteiger partial charge in [-0.2, -0.15) is 0 Å². The lowest BCUT2D eigenvalue weighted by Crippen LogP contribution is -2.36. The van der Waals surface area contributed by atoms with E-state index in [2.05, 4.69) is 9.80 Å². The minimum atomic E-state index is -0.252. The molecular weight excluding hydrogens is 511 g/mol. The first-order valence-corrected chi connectivity index (χ1v) is 13.8. The van der Waals surface area contributed by atoms with Crippen LogP contribution in [-0.2, 0) is 26.2 Å². The molecule has 4 rings (SSSR count). The maximum absolute atomic E-state index is 13.5. The summed E-state index contributed by atoms with van der Waals surface area (Å²) in [5, 5.41) is 2.72. The van der Waals surface area contributed by atoms with Crippen LogP contribution in [0.4, 0.5) is 4.39 Å². The Bertz CT molecular complexity index is 1310. The van der Waals surface area contributed by atoms with Crippen molar-refractivity contribution in [2.45, 2.75) is 26.2 Å². The van der Waals surface area contributed by atoms with Gasteiger partial charge in [0.25, 0.3) is 5.91 Å². The molecule has 0 saturated carbocycles. The normalized spacial score (nSPS) is 11.2. The molecule has 204 valence electrons. The van der Waals surface area contributed by atoms with Gasteiger partial charge in [-0.15, -0.1) is 11.3 Å². The lowest BCUT2D eigenvalue weighted by molar-refractivity contribution is 0.0726. The Hall–Kier alpha value is -3.59. The second-order valence-corrected chi connectivity index (χ2v) is 10.7. The number of nitrogens with zero attached hydrogens (tertiary/aromatic N) is 4. The Morgan fingerprint density at radius 1 is 0.821 bits per heavy atom. The summed E-state index contributed by atoms with van der Waals surface area (Å²) < 4.78 is 18.8. The number of ether oxygens (including phenoxy) is 1. The van der Waals surface area contributed by atoms with Crippen LogP contribution in [0.1, 0.15) is 32.2 Å². The number of benzene rings is 3. The number of amides is 1. The molecule has 0 aliphatic rings. The fourth-order valence-corrected chi connectivity index (χ4v) is 5.03. The molecule has 4 aromatic rings. The first-order valence-electron chi connectivity index (χ1n) is 12.9. The van der Waals surface area contributed by atoms with Gasteiger partial charge in [0.15, 0.2) is 0 Å². The third kappa shape index (κ3) is 8.71. The summed E-state index contributed by atoms with van der Waals surface area (Å²) >= 11 is 1.49. The predicted molar refractivity (Wildman–Crippen MR) is 154 cm³/mol. The van der Waals surface area contributed by atoms with Crippen LogP contribution in [0.3, 0.4) is 0 Å². The van der Waals surface area contributed by atoms with Gasteiger partial charge in [0.1, 0.15) is 22.3 Å². The van der Waals surface area contributed by atoms with Gasteiger partial charge in [0.05, 0.1) is 13.7 Å². The van der Waals surface area contributed by atoms with E-state index in [0.717, 1.165) is 34.0 Å². The quantitative estimate of drug-likeness (QED) is 0.215. The molecule has 0 N–H and O–H groups in total. The van der Waals surface area contributed by atoms with Crippen LogP contribution < -0.4 is 4.74 Å². The molecule has 0 atom stereocenters. The zero-order chi connectivity index (χ0) is 27.6. The number of hydrogen-bond donors (Lipinski definition) is 0. The SMILES string of the molecule is COc1ccc(CN(Cc2ccc(F)cc2)Cc2nc(C(=O)N(CCN(C)C)Cc3ccccc3)cs2)cc1. The third-order valence-electron chi connectivity index (χ3n) is 6.34. The first-order chi connectivity index (χ1) is 18.9. The van der Waals surface area contributed by atoms with Crippen molar-refractivity contribution in [3.8, 4) is 5.75 Å². The Labute approximate surface area is 234 Å².